The maximum atomic E-state index is 5.45. The van der Waals surface area contributed by atoms with Crippen LogP contribution in [0.15, 0.2) is 0 Å². The quantitative estimate of drug-likeness (QED) is 0.804. The molecule has 0 aromatic carbocycles. The van der Waals surface area contributed by atoms with Crippen LogP contribution in [0, 0.1) is 0 Å². The van der Waals surface area contributed by atoms with Crippen molar-refractivity contribution in [2.45, 2.75) is 32.3 Å². The van der Waals surface area contributed by atoms with E-state index in [1.54, 1.807) is 18.4 Å². The van der Waals surface area contributed by atoms with Crippen molar-refractivity contribution in [2.24, 2.45) is 5.73 Å². The molecular weight excluding hydrogens is 198 g/mol. The van der Waals surface area contributed by atoms with Gasteiger partial charge in [0.1, 0.15) is 15.6 Å². The molecule has 0 spiro atoms. The van der Waals surface area contributed by atoms with E-state index in [9.17, 15) is 0 Å². The Kier molecular flexibility index (Phi) is 3.97. The molecule has 0 amide bonds. The molecule has 1 atom stereocenters. The smallest absolute Gasteiger partial charge is 0.149 e. The third-order valence-electron chi connectivity index (χ3n) is 2.40. The average molecular weight is 215 g/mol. The average Bonchev–Trinajstić information content (AvgIpc) is 2.66. The van der Waals surface area contributed by atoms with Crippen molar-refractivity contribution in [2.75, 3.05) is 13.7 Å². The van der Waals surface area contributed by atoms with Crippen molar-refractivity contribution in [3.63, 3.8) is 0 Å². The van der Waals surface area contributed by atoms with Gasteiger partial charge in [0.25, 0.3) is 0 Å². The molecule has 80 valence electrons. The van der Waals surface area contributed by atoms with Crippen molar-refractivity contribution in [3.05, 3.63) is 10.0 Å². The van der Waals surface area contributed by atoms with Crippen molar-refractivity contribution in [3.8, 4) is 0 Å². The fourth-order valence-electron chi connectivity index (χ4n) is 1.07. The van der Waals surface area contributed by atoms with Crippen LogP contribution in [-0.2, 0) is 16.8 Å². The molecule has 0 fully saturated rings. The summed E-state index contributed by atoms with van der Waals surface area (Å²) in [7, 11) is 1.70. The maximum absolute atomic E-state index is 5.45. The summed E-state index contributed by atoms with van der Waals surface area (Å²) in [6.45, 7) is 4.72. The first-order chi connectivity index (χ1) is 6.66. The zero-order chi connectivity index (χ0) is 10.6. The van der Waals surface area contributed by atoms with E-state index in [0.717, 1.165) is 22.9 Å². The van der Waals surface area contributed by atoms with Gasteiger partial charge in [-0.15, -0.1) is 10.2 Å². The van der Waals surface area contributed by atoms with Gasteiger partial charge in [0.2, 0.25) is 0 Å². The number of hydrogen-bond acceptors (Lipinski definition) is 5. The molecule has 0 saturated carbocycles. The van der Waals surface area contributed by atoms with Gasteiger partial charge in [-0.2, -0.15) is 0 Å². The Bertz CT molecular complexity index is 283. The van der Waals surface area contributed by atoms with E-state index < -0.39 is 0 Å². The number of nitrogens with two attached hydrogens (primary N) is 1. The van der Waals surface area contributed by atoms with Crippen LogP contribution in [0.4, 0.5) is 0 Å². The van der Waals surface area contributed by atoms with Crippen LogP contribution in [0.2, 0.25) is 0 Å². The summed E-state index contributed by atoms with van der Waals surface area (Å²) in [4.78, 5) is 0. The van der Waals surface area contributed by atoms with E-state index in [-0.39, 0.29) is 5.60 Å². The number of rotatable bonds is 5. The summed E-state index contributed by atoms with van der Waals surface area (Å²) in [6, 6.07) is 0. The van der Waals surface area contributed by atoms with Gasteiger partial charge in [0.05, 0.1) is 0 Å². The van der Waals surface area contributed by atoms with Gasteiger partial charge in [-0.1, -0.05) is 18.3 Å². The molecule has 14 heavy (non-hydrogen) atoms. The number of ether oxygens (including phenoxy) is 1. The highest BCUT2D eigenvalue weighted by molar-refractivity contribution is 7.11. The van der Waals surface area contributed by atoms with Gasteiger partial charge in [-0.3, -0.25) is 0 Å². The van der Waals surface area contributed by atoms with Crippen molar-refractivity contribution in [1.29, 1.82) is 0 Å². The highest BCUT2D eigenvalue weighted by atomic mass is 32.1. The summed E-state index contributed by atoms with van der Waals surface area (Å²) in [5.74, 6) is 0. The van der Waals surface area contributed by atoms with Crippen molar-refractivity contribution < 1.29 is 4.74 Å². The Morgan fingerprint density at radius 2 is 2.21 bits per heavy atom. The summed E-state index contributed by atoms with van der Waals surface area (Å²) in [5, 5.41) is 10.1. The number of hydrogen-bond donors (Lipinski definition) is 1. The van der Waals surface area contributed by atoms with Crippen LogP contribution in [0.25, 0.3) is 0 Å². The third-order valence-corrected chi connectivity index (χ3v) is 3.63. The summed E-state index contributed by atoms with van der Waals surface area (Å²) in [5.41, 5.74) is 5.15. The van der Waals surface area contributed by atoms with Crippen LogP contribution in [0.1, 0.15) is 30.3 Å². The van der Waals surface area contributed by atoms with Gasteiger partial charge in [0, 0.05) is 13.5 Å². The molecule has 0 bridgehead atoms. The molecule has 4 nitrogen and oxygen atoms in total. The Morgan fingerprint density at radius 3 is 2.71 bits per heavy atom. The molecule has 1 heterocycles. The Balaban J connectivity index is 2.84. The van der Waals surface area contributed by atoms with Gasteiger partial charge >= 0.3 is 0 Å². The summed E-state index contributed by atoms with van der Waals surface area (Å²) < 4.78 is 5.44. The lowest BCUT2D eigenvalue weighted by atomic mass is 10.1. The van der Waals surface area contributed by atoms with Crippen LogP contribution >= 0.6 is 11.3 Å². The Hall–Kier alpha value is -0.520. The van der Waals surface area contributed by atoms with E-state index in [1.165, 1.54) is 0 Å². The van der Waals surface area contributed by atoms with Gasteiger partial charge in [0.15, 0.2) is 0 Å². The van der Waals surface area contributed by atoms with Crippen LogP contribution in [0.3, 0.4) is 0 Å². The maximum Gasteiger partial charge on any atom is 0.149 e. The highest BCUT2D eigenvalue weighted by Gasteiger charge is 2.28. The second-order valence-electron chi connectivity index (χ2n) is 3.33. The van der Waals surface area contributed by atoms with E-state index in [2.05, 4.69) is 17.1 Å². The normalized spacial score (nSPS) is 15.4. The zero-order valence-electron chi connectivity index (χ0n) is 8.91. The second kappa shape index (κ2) is 4.82. The van der Waals surface area contributed by atoms with Gasteiger partial charge in [-0.25, -0.2) is 0 Å². The number of aromatic nitrogens is 2. The molecule has 2 N–H and O–H groups in total. The monoisotopic (exact) mass is 215 g/mol. The summed E-state index contributed by atoms with van der Waals surface area (Å²) >= 11 is 1.59. The molecule has 5 heteroatoms. The van der Waals surface area contributed by atoms with Gasteiger partial charge in [-0.05, 0) is 19.9 Å². The SMILES string of the molecule is CCC(C)(OC)c1nnc(CCN)s1. The molecule has 0 radical (unpaired) electrons. The Labute approximate surface area is 88.5 Å². The number of methoxy groups -OCH3 is 1. The highest BCUT2D eigenvalue weighted by Crippen LogP contribution is 2.30. The fraction of sp³-hybridized carbons (Fsp3) is 0.778. The lowest BCUT2D eigenvalue weighted by molar-refractivity contribution is -0.00207. The molecule has 1 rings (SSSR count). The molecule has 0 aliphatic heterocycles. The van der Waals surface area contributed by atoms with Crippen molar-refractivity contribution in [1.82, 2.24) is 10.2 Å². The first kappa shape index (κ1) is 11.6. The molecular formula is C9H17N3OS. The van der Waals surface area contributed by atoms with Crippen LogP contribution in [0.5, 0.6) is 0 Å². The molecule has 1 aromatic heterocycles. The van der Waals surface area contributed by atoms with E-state index >= 15 is 0 Å². The van der Waals surface area contributed by atoms with Crippen LogP contribution in [-0.4, -0.2) is 23.9 Å². The predicted molar refractivity (Wildman–Crippen MR) is 57.3 cm³/mol. The fourth-order valence-corrected chi connectivity index (χ4v) is 2.12. The lowest BCUT2D eigenvalue weighted by Gasteiger charge is -2.22. The van der Waals surface area contributed by atoms with E-state index in [4.69, 9.17) is 10.5 Å². The summed E-state index contributed by atoms with van der Waals surface area (Å²) in [6.07, 6.45) is 1.68. The predicted octanol–water partition coefficient (Wildman–Crippen LogP) is 1.31. The molecule has 0 aliphatic rings. The minimum absolute atomic E-state index is 0.301. The standard InChI is InChI=1S/C9H17N3OS/c1-4-9(2,13-3)8-12-11-7(14-8)5-6-10/h4-6,10H2,1-3H3. The van der Waals surface area contributed by atoms with E-state index in [1.807, 2.05) is 6.92 Å². The topological polar surface area (TPSA) is 61.0 Å². The molecule has 1 unspecified atom stereocenters. The minimum atomic E-state index is -0.301. The largest absolute Gasteiger partial charge is 0.371 e. The number of nitrogens with zero attached hydrogens (tertiary/aromatic N) is 2. The van der Waals surface area contributed by atoms with Gasteiger partial charge < -0.3 is 10.5 Å². The molecule has 1 aromatic rings. The Morgan fingerprint density at radius 1 is 1.50 bits per heavy atom. The zero-order valence-corrected chi connectivity index (χ0v) is 9.73. The van der Waals surface area contributed by atoms with Crippen molar-refractivity contribution >= 4 is 11.3 Å². The van der Waals surface area contributed by atoms with E-state index in [0.29, 0.717) is 6.54 Å². The first-order valence-corrected chi connectivity index (χ1v) is 5.56. The third kappa shape index (κ3) is 2.29. The first-order valence-electron chi connectivity index (χ1n) is 4.74. The second-order valence-corrected chi connectivity index (χ2v) is 4.39. The molecule has 0 aliphatic carbocycles. The minimum Gasteiger partial charge on any atom is -0.371 e. The molecule has 0 saturated heterocycles. The lowest BCUT2D eigenvalue weighted by Crippen LogP contribution is -2.22. The van der Waals surface area contributed by atoms with Crippen LogP contribution < -0.4 is 5.73 Å².